The second-order valence-electron chi connectivity index (χ2n) is 5.34. The van der Waals surface area contributed by atoms with E-state index in [-0.39, 0.29) is 6.10 Å². The molecule has 1 aromatic rings. The predicted molar refractivity (Wildman–Crippen MR) is 69.9 cm³/mol. The van der Waals surface area contributed by atoms with Gasteiger partial charge in [-0.2, -0.15) is 0 Å². The molecule has 1 aliphatic carbocycles. The summed E-state index contributed by atoms with van der Waals surface area (Å²) in [5.41, 5.74) is 1.30. The molecule has 1 saturated carbocycles. The maximum atomic E-state index is 5.87. The van der Waals surface area contributed by atoms with Crippen LogP contribution in [-0.2, 0) is 0 Å². The topological polar surface area (TPSA) is 18.5 Å². The van der Waals surface area contributed by atoms with Gasteiger partial charge in [-0.1, -0.05) is 19.9 Å². The van der Waals surface area contributed by atoms with Crippen LogP contribution in [-0.4, -0.2) is 12.2 Å². The second-order valence-corrected chi connectivity index (χ2v) is 5.34. The van der Waals surface area contributed by atoms with E-state index < -0.39 is 0 Å². The van der Waals surface area contributed by atoms with Crippen LogP contribution >= 0.6 is 0 Å². The van der Waals surface area contributed by atoms with Gasteiger partial charge in [0, 0.05) is 0 Å². The molecule has 0 spiro atoms. The van der Waals surface area contributed by atoms with Crippen LogP contribution in [0.3, 0.4) is 0 Å². The Hall–Kier alpha value is -1.18. The Morgan fingerprint density at radius 1 is 1.06 bits per heavy atom. The van der Waals surface area contributed by atoms with E-state index in [1.807, 2.05) is 19.9 Å². The van der Waals surface area contributed by atoms with Crippen LogP contribution in [0, 0.1) is 0 Å². The lowest BCUT2D eigenvalue weighted by molar-refractivity contribution is 0.217. The van der Waals surface area contributed by atoms with Crippen LogP contribution in [0.4, 0.5) is 0 Å². The number of hydrogen-bond acceptors (Lipinski definition) is 2. The molecule has 0 radical (unpaired) electrons. The molecule has 0 heterocycles. The van der Waals surface area contributed by atoms with Gasteiger partial charge < -0.3 is 9.47 Å². The highest BCUT2D eigenvalue weighted by atomic mass is 16.5. The minimum Gasteiger partial charge on any atom is -0.487 e. The molecule has 2 rings (SSSR count). The monoisotopic (exact) mass is 234 g/mol. The van der Waals surface area contributed by atoms with Crippen LogP contribution < -0.4 is 9.47 Å². The molecular formula is C15H22O2. The molecule has 0 amide bonds. The lowest BCUT2D eigenvalue weighted by atomic mass is 10.0. The molecular weight excluding hydrogens is 212 g/mol. The molecule has 17 heavy (non-hydrogen) atoms. The van der Waals surface area contributed by atoms with Crippen molar-refractivity contribution in [3.63, 3.8) is 0 Å². The molecule has 1 fully saturated rings. The van der Waals surface area contributed by atoms with E-state index in [0.29, 0.717) is 12.0 Å². The molecule has 1 aromatic carbocycles. The Labute approximate surface area is 104 Å². The van der Waals surface area contributed by atoms with Crippen molar-refractivity contribution in [1.82, 2.24) is 0 Å². The zero-order valence-corrected chi connectivity index (χ0v) is 11.2. The number of ether oxygens (including phenoxy) is 2. The third-order valence-corrected chi connectivity index (χ3v) is 2.82. The SMILES string of the molecule is CC(C)Oc1cc(C(C)C)ccc1OC1CC1. The van der Waals surface area contributed by atoms with Crippen molar-refractivity contribution < 1.29 is 9.47 Å². The predicted octanol–water partition coefficient (Wildman–Crippen LogP) is 4.14. The van der Waals surface area contributed by atoms with Crippen LogP contribution in [0.15, 0.2) is 18.2 Å². The van der Waals surface area contributed by atoms with Crippen molar-refractivity contribution in [2.24, 2.45) is 0 Å². The van der Waals surface area contributed by atoms with Crippen LogP contribution in [0.1, 0.15) is 52.0 Å². The Bertz CT molecular complexity index is 379. The summed E-state index contributed by atoms with van der Waals surface area (Å²) in [7, 11) is 0. The summed E-state index contributed by atoms with van der Waals surface area (Å²) in [5.74, 6) is 2.29. The molecule has 0 unspecified atom stereocenters. The Balaban J connectivity index is 2.22. The van der Waals surface area contributed by atoms with E-state index in [9.17, 15) is 0 Å². The van der Waals surface area contributed by atoms with Gasteiger partial charge in [-0.3, -0.25) is 0 Å². The Morgan fingerprint density at radius 3 is 2.29 bits per heavy atom. The molecule has 2 nitrogen and oxygen atoms in total. The Morgan fingerprint density at radius 2 is 1.76 bits per heavy atom. The van der Waals surface area contributed by atoms with E-state index >= 15 is 0 Å². The van der Waals surface area contributed by atoms with Crippen LogP contribution in [0.2, 0.25) is 0 Å². The molecule has 0 N–H and O–H groups in total. The molecule has 2 heteroatoms. The molecule has 94 valence electrons. The fraction of sp³-hybridized carbons (Fsp3) is 0.600. The summed E-state index contributed by atoms with van der Waals surface area (Å²) in [6.45, 7) is 8.47. The third kappa shape index (κ3) is 3.39. The van der Waals surface area contributed by atoms with E-state index in [0.717, 1.165) is 11.5 Å². The molecule has 0 aliphatic heterocycles. The van der Waals surface area contributed by atoms with Crippen molar-refractivity contribution in [3.8, 4) is 11.5 Å². The highest BCUT2D eigenvalue weighted by Crippen LogP contribution is 2.36. The van der Waals surface area contributed by atoms with Gasteiger partial charge in [-0.25, -0.2) is 0 Å². The van der Waals surface area contributed by atoms with Gasteiger partial charge >= 0.3 is 0 Å². The molecule has 0 atom stereocenters. The quantitative estimate of drug-likeness (QED) is 0.762. The normalized spacial score (nSPS) is 15.4. The minimum absolute atomic E-state index is 0.180. The lowest BCUT2D eigenvalue weighted by Crippen LogP contribution is -2.08. The summed E-state index contributed by atoms with van der Waals surface area (Å²) in [6, 6.07) is 6.29. The fourth-order valence-corrected chi connectivity index (χ4v) is 1.69. The first-order valence-corrected chi connectivity index (χ1v) is 6.53. The summed E-state index contributed by atoms with van der Waals surface area (Å²) >= 11 is 0. The fourth-order valence-electron chi connectivity index (χ4n) is 1.69. The van der Waals surface area contributed by atoms with Gasteiger partial charge in [0.2, 0.25) is 0 Å². The van der Waals surface area contributed by atoms with Gasteiger partial charge in [-0.05, 0) is 50.3 Å². The average molecular weight is 234 g/mol. The van der Waals surface area contributed by atoms with Crippen molar-refractivity contribution in [3.05, 3.63) is 23.8 Å². The summed E-state index contributed by atoms with van der Waals surface area (Å²) in [6.07, 6.45) is 2.94. The first-order chi connectivity index (χ1) is 8.06. The summed E-state index contributed by atoms with van der Waals surface area (Å²) in [4.78, 5) is 0. The average Bonchev–Trinajstić information content (AvgIpc) is 3.03. The van der Waals surface area contributed by atoms with Crippen molar-refractivity contribution >= 4 is 0 Å². The van der Waals surface area contributed by atoms with Crippen LogP contribution in [0.5, 0.6) is 11.5 Å². The molecule has 0 saturated heterocycles. The number of rotatable bonds is 5. The highest BCUT2D eigenvalue weighted by Gasteiger charge is 2.25. The maximum absolute atomic E-state index is 5.87. The van der Waals surface area contributed by atoms with Gasteiger partial charge in [0.05, 0.1) is 12.2 Å². The number of hydrogen-bond donors (Lipinski definition) is 0. The zero-order chi connectivity index (χ0) is 12.4. The first-order valence-electron chi connectivity index (χ1n) is 6.53. The Kier molecular flexibility index (Phi) is 3.60. The standard InChI is InChI=1S/C15H22O2/c1-10(2)12-5-8-14(17-13-6-7-13)15(9-12)16-11(3)4/h5,8-11,13H,6-7H2,1-4H3. The highest BCUT2D eigenvalue weighted by molar-refractivity contribution is 5.44. The smallest absolute Gasteiger partial charge is 0.161 e. The molecule has 0 bridgehead atoms. The van der Waals surface area contributed by atoms with Crippen molar-refractivity contribution in [2.45, 2.75) is 58.7 Å². The van der Waals surface area contributed by atoms with Crippen molar-refractivity contribution in [2.75, 3.05) is 0 Å². The van der Waals surface area contributed by atoms with E-state index in [1.165, 1.54) is 18.4 Å². The first kappa shape index (κ1) is 12.3. The van der Waals surface area contributed by atoms with Crippen LogP contribution in [0.25, 0.3) is 0 Å². The molecule has 0 aromatic heterocycles. The van der Waals surface area contributed by atoms with Gasteiger partial charge in [0.15, 0.2) is 11.5 Å². The number of benzene rings is 1. The third-order valence-electron chi connectivity index (χ3n) is 2.82. The van der Waals surface area contributed by atoms with E-state index in [1.54, 1.807) is 0 Å². The largest absolute Gasteiger partial charge is 0.487 e. The van der Waals surface area contributed by atoms with Gasteiger partial charge in [-0.15, -0.1) is 0 Å². The summed E-state index contributed by atoms with van der Waals surface area (Å²) < 4.78 is 11.7. The molecule has 1 aliphatic rings. The second kappa shape index (κ2) is 4.99. The van der Waals surface area contributed by atoms with Gasteiger partial charge in [0.25, 0.3) is 0 Å². The minimum atomic E-state index is 0.180. The van der Waals surface area contributed by atoms with Crippen molar-refractivity contribution in [1.29, 1.82) is 0 Å². The summed E-state index contributed by atoms with van der Waals surface area (Å²) in [5, 5.41) is 0. The van der Waals surface area contributed by atoms with E-state index in [2.05, 4.69) is 26.0 Å². The van der Waals surface area contributed by atoms with Gasteiger partial charge in [0.1, 0.15) is 0 Å². The van der Waals surface area contributed by atoms with E-state index in [4.69, 9.17) is 9.47 Å². The lowest BCUT2D eigenvalue weighted by Gasteiger charge is -2.17. The maximum Gasteiger partial charge on any atom is 0.161 e. The zero-order valence-electron chi connectivity index (χ0n) is 11.2.